The lowest BCUT2D eigenvalue weighted by atomic mass is 10.3. The molecule has 0 atom stereocenters. The lowest BCUT2D eigenvalue weighted by Gasteiger charge is -2.34. The van der Waals surface area contributed by atoms with Crippen molar-refractivity contribution in [1.82, 2.24) is 14.9 Å². The highest BCUT2D eigenvalue weighted by molar-refractivity contribution is 7.80. The molecule has 0 unspecified atom stereocenters. The summed E-state index contributed by atoms with van der Waals surface area (Å²) in [7, 11) is 1.32. The molecule has 0 radical (unpaired) electrons. The van der Waals surface area contributed by atoms with Crippen molar-refractivity contribution in [2.75, 3.05) is 44.7 Å². The van der Waals surface area contributed by atoms with Crippen LogP contribution < -0.4 is 10.6 Å². The fraction of sp³-hybridized carbons (Fsp3) is 0.500. The smallest absolute Gasteiger partial charge is 0.358 e. The summed E-state index contributed by atoms with van der Waals surface area (Å²) in [6.07, 6.45) is 3.05. The van der Waals surface area contributed by atoms with Crippen LogP contribution in [0.25, 0.3) is 0 Å². The normalized spacial score (nSPS) is 15.9. The van der Waals surface area contributed by atoms with Crippen LogP contribution in [-0.4, -0.2) is 65.7 Å². The second-order valence-corrected chi connectivity index (χ2v) is 5.01. The lowest BCUT2D eigenvalue weighted by molar-refractivity contribution is 0.0593. The number of carbonyl (C=O) groups is 1. The van der Waals surface area contributed by atoms with Gasteiger partial charge >= 0.3 is 5.97 Å². The van der Waals surface area contributed by atoms with Crippen molar-refractivity contribution in [1.29, 1.82) is 0 Å². The third kappa shape index (κ3) is 3.61. The van der Waals surface area contributed by atoms with E-state index in [9.17, 15) is 4.79 Å². The van der Waals surface area contributed by atoms with Gasteiger partial charge < -0.3 is 15.4 Å². The minimum absolute atomic E-state index is 0.218. The van der Waals surface area contributed by atoms with E-state index in [2.05, 4.69) is 24.5 Å². The number of nitrogens with zero attached hydrogens (tertiary/aromatic N) is 4. The van der Waals surface area contributed by atoms with Gasteiger partial charge in [0, 0.05) is 32.7 Å². The van der Waals surface area contributed by atoms with E-state index in [-0.39, 0.29) is 5.69 Å². The summed E-state index contributed by atoms with van der Waals surface area (Å²) in [6, 6.07) is 0. The summed E-state index contributed by atoms with van der Waals surface area (Å²) in [5, 5.41) is 0. The zero-order valence-corrected chi connectivity index (χ0v) is 12.1. The fourth-order valence-electron chi connectivity index (χ4n) is 2.07. The number of carbonyl (C=O) groups excluding carboxylic acids is 1. The monoisotopic (exact) mass is 295 g/mol. The molecule has 0 aliphatic carbocycles. The van der Waals surface area contributed by atoms with Gasteiger partial charge in [0.05, 0.1) is 24.5 Å². The van der Waals surface area contributed by atoms with Crippen molar-refractivity contribution in [3.63, 3.8) is 0 Å². The van der Waals surface area contributed by atoms with E-state index in [4.69, 9.17) is 18.0 Å². The average Bonchev–Trinajstić information content (AvgIpc) is 2.47. The number of nitrogens with two attached hydrogens (primary N) is 1. The largest absolute Gasteiger partial charge is 0.464 e. The van der Waals surface area contributed by atoms with Crippen LogP contribution >= 0.6 is 12.2 Å². The number of thiocarbonyl (C=S) groups is 1. The van der Waals surface area contributed by atoms with Gasteiger partial charge in [-0.3, -0.25) is 9.88 Å². The molecule has 1 aliphatic heterocycles. The highest BCUT2D eigenvalue weighted by Crippen LogP contribution is 2.13. The van der Waals surface area contributed by atoms with Crippen molar-refractivity contribution < 1.29 is 9.53 Å². The first-order valence-electron chi connectivity index (χ1n) is 6.26. The van der Waals surface area contributed by atoms with Gasteiger partial charge in [-0.05, 0) is 0 Å². The van der Waals surface area contributed by atoms with Crippen LogP contribution in [0.5, 0.6) is 0 Å². The molecular formula is C12H17N5O2S. The summed E-state index contributed by atoms with van der Waals surface area (Å²) in [5.74, 6) is 0.203. The van der Waals surface area contributed by atoms with Crippen LogP contribution in [0.1, 0.15) is 10.5 Å². The first-order chi connectivity index (χ1) is 9.60. The third-order valence-electron chi connectivity index (χ3n) is 3.09. The van der Waals surface area contributed by atoms with E-state index in [0.29, 0.717) is 17.4 Å². The summed E-state index contributed by atoms with van der Waals surface area (Å²) in [4.78, 5) is 24.5. The van der Waals surface area contributed by atoms with E-state index in [0.717, 1.165) is 26.2 Å². The van der Waals surface area contributed by atoms with Gasteiger partial charge in [-0.1, -0.05) is 12.2 Å². The third-order valence-corrected chi connectivity index (χ3v) is 3.22. The number of rotatable bonds is 4. The Labute approximate surface area is 122 Å². The summed E-state index contributed by atoms with van der Waals surface area (Å²) < 4.78 is 4.64. The SMILES string of the molecule is COC(=O)c1cncc(N2CCN(CC(N)=S)CC2)n1. The van der Waals surface area contributed by atoms with Crippen LogP contribution in [0.2, 0.25) is 0 Å². The predicted octanol–water partition coefficient (Wildman–Crippen LogP) is -0.329. The summed E-state index contributed by atoms with van der Waals surface area (Å²) in [5.41, 5.74) is 5.76. The van der Waals surface area contributed by atoms with Crippen LogP contribution in [0.4, 0.5) is 5.82 Å². The Morgan fingerprint density at radius 2 is 2.10 bits per heavy atom. The Kier molecular flexibility index (Phi) is 4.80. The number of piperazine rings is 1. The van der Waals surface area contributed by atoms with Gasteiger partial charge in [0.25, 0.3) is 0 Å². The molecule has 0 bridgehead atoms. The number of methoxy groups -OCH3 is 1. The van der Waals surface area contributed by atoms with Crippen LogP contribution in [0, 0.1) is 0 Å². The van der Waals surface area contributed by atoms with E-state index < -0.39 is 5.97 Å². The molecule has 0 spiro atoms. The Hall–Kier alpha value is -1.80. The van der Waals surface area contributed by atoms with Crippen molar-refractivity contribution in [2.45, 2.75) is 0 Å². The number of hydrogen-bond donors (Lipinski definition) is 1. The van der Waals surface area contributed by atoms with Crippen LogP contribution in [-0.2, 0) is 4.74 Å². The maximum atomic E-state index is 11.4. The minimum Gasteiger partial charge on any atom is -0.464 e. The van der Waals surface area contributed by atoms with Gasteiger partial charge in [0.1, 0.15) is 5.82 Å². The second kappa shape index (κ2) is 6.58. The van der Waals surface area contributed by atoms with E-state index in [1.807, 2.05) is 0 Å². The summed E-state index contributed by atoms with van der Waals surface area (Å²) >= 11 is 4.91. The standard InChI is InChI=1S/C12H17N5O2S/c1-19-12(18)9-6-14-7-11(15-9)17-4-2-16(3-5-17)8-10(13)20/h6-7H,2-5,8H2,1H3,(H2,13,20). The molecule has 2 N–H and O–H groups in total. The first-order valence-corrected chi connectivity index (χ1v) is 6.67. The molecule has 7 nitrogen and oxygen atoms in total. The van der Waals surface area contributed by atoms with Crippen molar-refractivity contribution in [2.24, 2.45) is 5.73 Å². The van der Waals surface area contributed by atoms with Crippen molar-refractivity contribution in [3.05, 3.63) is 18.1 Å². The molecule has 0 saturated carbocycles. The Morgan fingerprint density at radius 1 is 1.40 bits per heavy atom. The van der Waals surface area contributed by atoms with Gasteiger partial charge in [0.2, 0.25) is 0 Å². The molecule has 1 aromatic heterocycles. The van der Waals surface area contributed by atoms with Gasteiger partial charge in [-0.25, -0.2) is 9.78 Å². The Balaban J connectivity index is 2.00. The molecule has 1 aliphatic rings. The van der Waals surface area contributed by atoms with Crippen LogP contribution in [0.15, 0.2) is 12.4 Å². The molecule has 1 saturated heterocycles. The first kappa shape index (κ1) is 14.6. The van der Waals surface area contributed by atoms with Crippen molar-refractivity contribution in [3.8, 4) is 0 Å². The maximum absolute atomic E-state index is 11.4. The maximum Gasteiger partial charge on any atom is 0.358 e. The molecule has 20 heavy (non-hydrogen) atoms. The molecule has 2 rings (SSSR count). The molecule has 1 aromatic rings. The van der Waals surface area contributed by atoms with E-state index >= 15 is 0 Å². The molecule has 2 heterocycles. The van der Waals surface area contributed by atoms with E-state index in [1.54, 1.807) is 6.20 Å². The van der Waals surface area contributed by atoms with Gasteiger partial charge in [-0.15, -0.1) is 0 Å². The van der Waals surface area contributed by atoms with E-state index in [1.165, 1.54) is 13.3 Å². The second-order valence-electron chi connectivity index (χ2n) is 4.48. The quantitative estimate of drug-likeness (QED) is 0.597. The van der Waals surface area contributed by atoms with Gasteiger partial charge in [0.15, 0.2) is 5.69 Å². The average molecular weight is 295 g/mol. The molecule has 108 valence electrons. The molecule has 0 amide bonds. The lowest BCUT2D eigenvalue weighted by Crippen LogP contribution is -2.49. The van der Waals surface area contributed by atoms with Crippen molar-refractivity contribution >= 4 is 29.0 Å². The predicted molar refractivity (Wildman–Crippen MR) is 78.8 cm³/mol. The van der Waals surface area contributed by atoms with Crippen LogP contribution in [0.3, 0.4) is 0 Å². The molecule has 0 aromatic carbocycles. The fourth-order valence-corrected chi connectivity index (χ4v) is 2.25. The molecular weight excluding hydrogens is 278 g/mol. The highest BCUT2D eigenvalue weighted by Gasteiger charge is 2.19. The zero-order valence-electron chi connectivity index (χ0n) is 11.3. The Bertz CT molecular complexity index is 502. The summed E-state index contributed by atoms with van der Waals surface area (Å²) in [6.45, 7) is 3.92. The van der Waals surface area contributed by atoms with Gasteiger partial charge in [-0.2, -0.15) is 0 Å². The zero-order chi connectivity index (χ0) is 14.5. The number of aromatic nitrogens is 2. The Morgan fingerprint density at radius 3 is 2.70 bits per heavy atom. The number of anilines is 1. The number of esters is 1. The topological polar surface area (TPSA) is 84.6 Å². The number of ether oxygens (including phenoxy) is 1. The number of hydrogen-bond acceptors (Lipinski definition) is 7. The minimum atomic E-state index is -0.480. The molecule has 1 fully saturated rings. The highest BCUT2D eigenvalue weighted by atomic mass is 32.1. The molecule has 8 heteroatoms.